The van der Waals surface area contributed by atoms with E-state index in [0.29, 0.717) is 0 Å². The highest BCUT2D eigenvalue weighted by Gasteiger charge is 2.39. The summed E-state index contributed by atoms with van der Waals surface area (Å²) < 4.78 is 9.46. The summed E-state index contributed by atoms with van der Waals surface area (Å²) in [6, 6.07) is 13.7. The lowest BCUT2D eigenvalue weighted by atomic mass is 9.84. The number of hydrogen-bond donors (Lipinski definition) is 0. The Balaban J connectivity index is 0.000000246. The Labute approximate surface area is 338 Å². The minimum Gasteiger partial charge on any atom is -0.205 e. The lowest BCUT2D eigenvalue weighted by Crippen LogP contribution is -2.36. The molecule has 4 heteroatoms. The van der Waals surface area contributed by atoms with Crippen molar-refractivity contribution in [3.63, 3.8) is 0 Å². The molecule has 0 N–H and O–H groups in total. The van der Waals surface area contributed by atoms with Gasteiger partial charge < -0.3 is 0 Å². The fraction of sp³-hybridized carbons (Fsp3) is 0.608. The first-order valence-electron chi connectivity index (χ1n) is 23.0. The lowest BCUT2D eigenvalue weighted by Gasteiger charge is -2.18. The van der Waals surface area contributed by atoms with Gasteiger partial charge in [-0.25, -0.2) is 18.3 Å². The summed E-state index contributed by atoms with van der Waals surface area (Å²) in [5.74, 6) is 0. The molecule has 0 aliphatic heterocycles. The first kappa shape index (κ1) is 44.3. The third-order valence-electron chi connectivity index (χ3n) is 11.9. The Morgan fingerprint density at radius 1 is 0.345 bits per heavy atom. The van der Waals surface area contributed by atoms with Gasteiger partial charge in [0.15, 0.2) is 49.6 Å². The molecule has 4 nitrogen and oxygen atoms in total. The molecule has 0 amide bonds. The van der Waals surface area contributed by atoms with Crippen molar-refractivity contribution in [2.24, 2.45) is 0 Å². The number of hydrogen-bond acceptors (Lipinski definition) is 0. The van der Waals surface area contributed by atoms with Gasteiger partial charge in [0, 0.05) is 78.6 Å². The van der Waals surface area contributed by atoms with E-state index in [-0.39, 0.29) is 5.41 Å². The summed E-state index contributed by atoms with van der Waals surface area (Å²) in [5, 5.41) is 0. The number of unbranched alkanes of at least 4 members (excludes halogenated alkanes) is 16. The molecule has 1 aliphatic carbocycles. The maximum absolute atomic E-state index is 2.42. The standard InChI is InChI=1S/C27H42N2.C24H38N2/c1-5-7-9-11-13-17-28-19-15-23-24-16-20-29(18-14-12-10-8-6-2)22-26(24)27(3,4)25(23)21-28;1-3-5-7-9-11-17-25-19-13-23(14-20-25)24-15-21-26(22-16-24)18-12-10-8-6-4-2/h15-16,19-22H,5-14,17-18H2,1-4H3;13-16,19-22H,3-12,17-18H2,1-2H3/q2*+2. The molecule has 0 unspecified atom stereocenters. The zero-order valence-corrected chi connectivity index (χ0v) is 36.3. The molecule has 0 spiro atoms. The summed E-state index contributed by atoms with van der Waals surface area (Å²) in [6.45, 7) is 18.5. The average Bonchev–Trinajstić information content (AvgIpc) is 3.43. The van der Waals surface area contributed by atoms with E-state index in [9.17, 15) is 0 Å². The molecule has 0 saturated heterocycles. The smallest absolute Gasteiger partial charge is 0.173 e. The van der Waals surface area contributed by atoms with Crippen molar-refractivity contribution in [2.75, 3.05) is 0 Å². The highest BCUT2D eigenvalue weighted by atomic mass is 14.9. The zero-order valence-electron chi connectivity index (χ0n) is 36.3. The fourth-order valence-corrected chi connectivity index (χ4v) is 8.16. The van der Waals surface area contributed by atoms with Crippen LogP contribution in [-0.4, -0.2) is 0 Å². The van der Waals surface area contributed by atoms with Crippen LogP contribution in [0.1, 0.15) is 181 Å². The molecular weight excluding hydrogens is 669 g/mol. The number of pyridine rings is 4. The van der Waals surface area contributed by atoms with Crippen molar-refractivity contribution in [1.82, 2.24) is 0 Å². The molecule has 4 heterocycles. The van der Waals surface area contributed by atoms with Gasteiger partial charge in [0.05, 0.1) is 0 Å². The van der Waals surface area contributed by atoms with Gasteiger partial charge in [-0.05, 0) is 47.9 Å². The van der Waals surface area contributed by atoms with E-state index in [1.54, 1.807) is 0 Å². The molecule has 0 bridgehead atoms. The van der Waals surface area contributed by atoms with Crippen molar-refractivity contribution >= 4 is 0 Å². The van der Waals surface area contributed by atoms with Crippen LogP contribution in [-0.2, 0) is 31.6 Å². The second-order valence-electron chi connectivity index (χ2n) is 17.0. The first-order valence-corrected chi connectivity index (χ1v) is 23.0. The monoisotopic (exact) mass is 749 g/mol. The van der Waals surface area contributed by atoms with E-state index in [1.807, 2.05) is 0 Å². The topological polar surface area (TPSA) is 15.5 Å². The predicted molar refractivity (Wildman–Crippen MR) is 232 cm³/mol. The maximum Gasteiger partial charge on any atom is 0.173 e. The summed E-state index contributed by atoms with van der Waals surface area (Å²) in [4.78, 5) is 0. The Hall–Kier alpha value is -3.40. The molecule has 4 aromatic rings. The van der Waals surface area contributed by atoms with Crippen LogP contribution in [0.4, 0.5) is 0 Å². The predicted octanol–water partition coefficient (Wildman–Crippen LogP) is 12.4. The second kappa shape index (κ2) is 25.0. The number of aromatic nitrogens is 4. The van der Waals surface area contributed by atoms with E-state index in [0.717, 1.165) is 26.2 Å². The van der Waals surface area contributed by atoms with Crippen molar-refractivity contribution in [2.45, 2.75) is 202 Å². The number of fused-ring (bicyclic) bond motifs is 3. The highest BCUT2D eigenvalue weighted by Crippen LogP contribution is 2.47. The maximum atomic E-state index is 2.42. The van der Waals surface area contributed by atoms with Gasteiger partial charge in [-0.3, -0.25) is 0 Å². The highest BCUT2D eigenvalue weighted by molar-refractivity contribution is 5.78. The molecule has 55 heavy (non-hydrogen) atoms. The van der Waals surface area contributed by atoms with E-state index in [2.05, 4.69) is 146 Å². The van der Waals surface area contributed by atoms with Crippen molar-refractivity contribution in [3.05, 3.63) is 97.1 Å². The van der Waals surface area contributed by atoms with Gasteiger partial charge in [0.1, 0.15) is 26.2 Å². The second-order valence-corrected chi connectivity index (χ2v) is 17.0. The van der Waals surface area contributed by atoms with Crippen LogP contribution in [0.3, 0.4) is 0 Å². The summed E-state index contributed by atoms with van der Waals surface area (Å²) in [5.41, 5.74) is 8.55. The van der Waals surface area contributed by atoms with Gasteiger partial charge in [-0.1, -0.05) is 119 Å². The molecule has 300 valence electrons. The van der Waals surface area contributed by atoms with Gasteiger partial charge in [0.2, 0.25) is 0 Å². The molecule has 5 rings (SSSR count). The number of rotatable bonds is 25. The van der Waals surface area contributed by atoms with Crippen LogP contribution in [0, 0.1) is 0 Å². The van der Waals surface area contributed by atoms with E-state index < -0.39 is 0 Å². The van der Waals surface area contributed by atoms with Crippen molar-refractivity contribution < 1.29 is 18.3 Å². The van der Waals surface area contributed by atoms with Crippen molar-refractivity contribution in [1.29, 1.82) is 0 Å². The van der Waals surface area contributed by atoms with Gasteiger partial charge >= 0.3 is 0 Å². The van der Waals surface area contributed by atoms with E-state index in [1.165, 1.54) is 162 Å². The Kier molecular flexibility index (Phi) is 20.1. The van der Waals surface area contributed by atoms with Gasteiger partial charge in [0.25, 0.3) is 0 Å². The lowest BCUT2D eigenvalue weighted by molar-refractivity contribution is -0.698. The molecule has 0 saturated carbocycles. The van der Waals surface area contributed by atoms with Crippen LogP contribution in [0.15, 0.2) is 86.0 Å². The fourth-order valence-electron chi connectivity index (χ4n) is 8.16. The molecule has 4 aromatic heterocycles. The third-order valence-corrected chi connectivity index (χ3v) is 11.9. The molecule has 0 aromatic carbocycles. The normalized spacial score (nSPS) is 12.6. The summed E-state index contributed by atoms with van der Waals surface area (Å²) in [7, 11) is 0. The van der Waals surface area contributed by atoms with Crippen LogP contribution >= 0.6 is 0 Å². The largest absolute Gasteiger partial charge is 0.205 e. The van der Waals surface area contributed by atoms with Crippen LogP contribution in [0.5, 0.6) is 0 Å². The first-order chi connectivity index (χ1) is 26.9. The Morgan fingerprint density at radius 2 is 0.618 bits per heavy atom. The van der Waals surface area contributed by atoms with Crippen molar-refractivity contribution in [3.8, 4) is 22.3 Å². The Bertz CT molecular complexity index is 1500. The van der Waals surface area contributed by atoms with E-state index >= 15 is 0 Å². The number of nitrogens with zero attached hydrogens (tertiary/aromatic N) is 4. The molecule has 0 atom stereocenters. The number of aryl methyl sites for hydroxylation is 4. The average molecular weight is 749 g/mol. The summed E-state index contributed by atoms with van der Waals surface area (Å²) in [6.07, 6.45) is 45.1. The van der Waals surface area contributed by atoms with Gasteiger partial charge in [-0.15, -0.1) is 0 Å². The third kappa shape index (κ3) is 14.6. The molecule has 0 fully saturated rings. The minimum atomic E-state index is 0.0844. The Morgan fingerprint density at radius 3 is 0.927 bits per heavy atom. The van der Waals surface area contributed by atoms with E-state index in [4.69, 9.17) is 0 Å². The molecule has 0 radical (unpaired) electrons. The van der Waals surface area contributed by atoms with Gasteiger partial charge in [-0.2, -0.15) is 0 Å². The summed E-state index contributed by atoms with van der Waals surface area (Å²) >= 11 is 0. The van der Waals surface area contributed by atoms with Crippen LogP contribution in [0.2, 0.25) is 0 Å². The molecule has 1 aliphatic rings. The zero-order chi connectivity index (χ0) is 39.1. The molecular formula is C51H80N4+4. The van der Waals surface area contributed by atoms with Crippen LogP contribution < -0.4 is 18.3 Å². The SMILES string of the molecule is CCCCCCC[n+]1ccc(-c2cc[n+](CCCCCCC)cc2)cc1.CCCCCCC[n+]1ccc2c(c1)C(C)(C)c1c[n+](CCCCCCC)ccc1-2. The quantitative estimate of drug-likeness (QED) is 0.0474. The van der Waals surface area contributed by atoms with Crippen LogP contribution in [0.25, 0.3) is 22.3 Å². The minimum absolute atomic E-state index is 0.0844.